The molecule has 5 rings (SSSR count). The first kappa shape index (κ1) is 20.7. The molecule has 0 radical (unpaired) electrons. The van der Waals surface area contributed by atoms with E-state index < -0.39 is 0 Å². The van der Waals surface area contributed by atoms with Crippen LogP contribution in [0.4, 0.5) is 5.69 Å². The van der Waals surface area contributed by atoms with Gasteiger partial charge >= 0.3 is 0 Å². The Balaban J connectivity index is 1.17. The van der Waals surface area contributed by atoms with E-state index in [0.29, 0.717) is 29.2 Å². The minimum absolute atomic E-state index is 0.00607. The molecular weight excluding hydrogens is 422 g/mol. The van der Waals surface area contributed by atoms with Crippen LogP contribution in [0.1, 0.15) is 31.2 Å². The van der Waals surface area contributed by atoms with Crippen LogP contribution in [0.25, 0.3) is 0 Å². The van der Waals surface area contributed by atoms with Gasteiger partial charge in [-0.3, -0.25) is 14.5 Å². The predicted octanol–water partition coefficient (Wildman–Crippen LogP) is 3.89. The summed E-state index contributed by atoms with van der Waals surface area (Å²) >= 11 is 1.39. The van der Waals surface area contributed by atoms with Crippen molar-refractivity contribution >= 4 is 28.8 Å². The fourth-order valence-electron chi connectivity index (χ4n) is 4.22. The van der Waals surface area contributed by atoms with Crippen molar-refractivity contribution < 1.29 is 14.3 Å². The van der Waals surface area contributed by atoms with E-state index in [9.17, 15) is 9.59 Å². The second-order valence-electron chi connectivity index (χ2n) is 8.12. The lowest BCUT2D eigenvalue weighted by Gasteiger charge is -2.35. The standard InChI is InChI=1S/C25H25N3O3S/c29-24(23-5-2-14-32-23)26-21-4-1-3-20(16-21)25(30)28-11-9-27(10-12-28)17-18-6-7-22-19(15-18)8-13-31-22/h1-7,14-16H,8-13,17H2,(H,26,29). The number of rotatable bonds is 5. The predicted molar refractivity (Wildman–Crippen MR) is 126 cm³/mol. The molecule has 3 aromatic rings. The molecule has 2 amide bonds. The number of carbonyl (C=O) groups excluding carboxylic acids is 2. The van der Waals surface area contributed by atoms with Crippen LogP contribution in [-0.2, 0) is 13.0 Å². The van der Waals surface area contributed by atoms with E-state index in [1.807, 2.05) is 34.5 Å². The normalized spacial score (nSPS) is 15.8. The Labute approximate surface area is 191 Å². The van der Waals surface area contributed by atoms with E-state index in [4.69, 9.17) is 4.74 Å². The third kappa shape index (κ3) is 4.54. The minimum atomic E-state index is -0.156. The molecule has 0 aliphatic carbocycles. The van der Waals surface area contributed by atoms with Crippen molar-refractivity contribution in [2.75, 3.05) is 38.1 Å². The largest absolute Gasteiger partial charge is 0.493 e. The number of amides is 2. The summed E-state index contributed by atoms with van der Waals surface area (Å²) in [6.45, 7) is 4.73. The maximum Gasteiger partial charge on any atom is 0.265 e. The molecule has 2 aliphatic rings. The highest BCUT2D eigenvalue weighted by atomic mass is 32.1. The molecule has 2 aromatic carbocycles. The Morgan fingerprint density at radius 3 is 2.69 bits per heavy atom. The van der Waals surface area contributed by atoms with E-state index >= 15 is 0 Å². The number of thiophene rings is 1. The van der Waals surface area contributed by atoms with Gasteiger partial charge in [0, 0.05) is 50.4 Å². The lowest BCUT2D eigenvalue weighted by Crippen LogP contribution is -2.48. The SMILES string of the molecule is O=C(Nc1cccc(C(=O)N2CCN(Cc3ccc4c(c3)CCO4)CC2)c1)c1cccs1. The highest BCUT2D eigenvalue weighted by Crippen LogP contribution is 2.26. The molecule has 6 nitrogen and oxygen atoms in total. The van der Waals surface area contributed by atoms with E-state index in [1.165, 1.54) is 22.5 Å². The summed E-state index contributed by atoms with van der Waals surface area (Å²) < 4.78 is 5.59. The van der Waals surface area contributed by atoms with Gasteiger partial charge < -0.3 is 15.0 Å². The van der Waals surface area contributed by atoms with Crippen LogP contribution in [0.15, 0.2) is 60.0 Å². The third-order valence-electron chi connectivity index (χ3n) is 5.93. The molecule has 7 heteroatoms. The van der Waals surface area contributed by atoms with Gasteiger partial charge in [-0.15, -0.1) is 11.3 Å². The molecule has 2 aliphatic heterocycles. The second-order valence-corrected chi connectivity index (χ2v) is 9.07. The Kier molecular flexibility index (Phi) is 5.92. The van der Waals surface area contributed by atoms with Gasteiger partial charge in [0.25, 0.3) is 11.8 Å². The molecule has 0 saturated carbocycles. The molecule has 1 saturated heterocycles. The van der Waals surface area contributed by atoms with Crippen LogP contribution >= 0.6 is 11.3 Å². The zero-order valence-electron chi connectivity index (χ0n) is 17.8. The number of hydrogen-bond donors (Lipinski definition) is 1. The van der Waals surface area contributed by atoms with Crippen molar-refractivity contribution in [1.29, 1.82) is 0 Å². The van der Waals surface area contributed by atoms with E-state index in [0.717, 1.165) is 38.4 Å². The summed E-state index contributed by atoms with van der Waals surface area (Å²) in [5.41, 5.74) is 3.82. The molecule has 164 valence electrons. The summed E-state index contributed by atoms with van der Waals surface area (Å²) in [6.07, 6.45) is 0.984. The second kappa shape index (κ2) is 9.14. The summed E-state index contributed by atoms with van der Waals surface area (Å²) in [5, 5.41) is 4.75. The molecule has 0 atom stereocenters. The molecule has 3 heterocycles. The average Bonchev–Trinajstić information content (AvgIpc) is 3.51. The first-order valence-corrected chi connectivity index (χ1v) is 11.7. The molecular formula is C25H25N3O3S. The smallest absolute Gasteiger partial charge is 0.265 e. The first-order valence-electron chi connectivity index (χ1n) is 10.9. The van der Waals surface area contributed by atoms with Crippen LogP contribution in [-0.4, -0.2) is 54.4 Å². The highest BCUT2D eigenvalue weighted by molar-refractivity contribution is 7.12. The third-order valence-corrected chi connectivity index (χ3v) is 6.80. The number of anilines is 1. The number of nitrogens with one attached hydrogen (secondary N) is 1. The summed E-state index contributed by atoms with van der Waals surface area (Å²) in [6, 6.07) is 17.3. The topological polar surface area (TPSA) is 61.9 Å². The fraction of sp³-hybridized carbons (Fsp3) is 0.280. The van der Waals surface area contributed by atoms with Gasteiger partial charge in [0.05, 0.1) is 11.5 Å². The number of fused-ring (bicyclic) bond motifs is 1. The lowest BCUT2D eigenvalue weighted by molar-refractivity contribution is 0.0628. The van der Waals surface area contributed by atoms with Gasteiger partial charge in [-0.2, -0.15) is 0 Å². The van der Waals surface area contributed by atoms with Gasteiger partial charge in [0.2, 0.25) is 0 Å². The van der Waals surface area contributed by atoms with Gasteiger partial charge in [0.15, 0.2) is 0 Å². The number of nitrogens with zero attached hydrogens (tertiary/aromatic N) is 2. The Morgan fingerprint density at radius 2 is 1.88 bits per heavy atom. The number of carbonyl (C=O) groups is 2. The van der Waals surface area contributed by atoms with Crippen LogP contribution < -0.4 is 10.1 Å². The van der Waals surface area contributed by atoms with Crippen molar-refractivity contribution in [3.8, 4) is 5.75 Å². The number of ether oxygens (including phenoxy) is 1. The van der Waals surface area contributed by atoms with Crippen molar-refractivity contribution in [2.24, 2.45) is 0 Å². The van der Waals surface area contributed by atoms with Gasteiger partial charge in [-0.25, -0.2) is 0 Å². The molecule has 32 heavy (non-hydrogen) atoms. The lowest BCUT2D eigenvalue weighted by atomic mass is 10.1. The Hall–Kier alpha value is -3.16. The quantitative estimate of drug-likeness (QED) is 0.645. The van der Waals surface area contributed by atoms with Crippen molar-refractivity contribution in [1.82, 2.24) is 9.80 Å². The monoisotopic (exact) mass is 447 g/mol. The summed E-state index contributed by atoms with van der Waals surface area (Å²) in [4.78, 5) is 30.3. The molecule has 1 aromatic heterocycles. The van der Waals surface area contributed by atoms with Crippen LogP contribution in [0.5, 0.6) is 5.75 Å². The molecule has 0 unspecified atom stereocenters. The van der Waals surface area contributed by atoms with E-state index in [-0.39, 0.29) is 11.8 Å². The zero-order chi connectivity index (χ0) is 21.9. The number of hydrogen-bond acceptors (Lipinski definition) is 5. The van der Waals surface area contributed by atoms with Crippen molar-refractivity contribution in [2.45, 2.75) is 13.0 Å². The number of benzene rings is 2. The zero-order valence-corrected chi connectivity index (χ0v) is 18.6. The average molecular weight is 448 g/mol. The highest BCUT2D eigenvalue weighted by Gasteiger charge is 2.23. The molecule has 1 N–H and O–H groups in total. The van der Waals surface area contributed by atoms with E-state index in [2.05, 4.69) is 28.4 Å². The molecule has 1 fully saturated rings. The van der Waals surface area contributed by atoms with E-state index in [1.54, 1.807) is 12.1 Å². The fourth-order valence-corrected chi connectivity index (χ4v) is 4.84. The Bertz CT molecular complexity index is 1120. The Morgan fingerprint density at radius 1 is 1.00 bits per heavy atom. The number of piperazine rings is 1. The van der Waals surface area contributed by atoms with Crippen LogP contribution in [0.2, 0.25) is 0 Å². The van der Waals surface area contributed by atoms with Gasteiger partial charge in [-0.05, 0) is 46.8 Å². The summed E-state index contributed by atoms with van der Waals surface area (Å²) in [7, 11) is 0. The van der Waals surface area contributed by atoms with Gasteiger partial charge in [0.1, 0.15) is 5.75 Å². The van der Waals surface area contributed by atoms with Crippen LogP contribution in [0.3, 0.4) is 0 Å². The minimum Gasteiger partial charge on any atom is -0.493 e. The molecule has 0 spiro atoms. The van der Waals surface area contributed by atoms with Crippen LogP contribution in [0, 0.1) is 0 Å². The van der Waals surface area contributed by atoms with Crippen molar-refractivity contribution in [3.05, 3.63) is 81.5 Å². The maximum atomic E-state index is 13.0. The first-order chi connectivity index (χ1) is 15.7. The maximum absolute atomic E-state index is 13.0. The van der Waals surface area contributed by atoms with Gasteiger partial charge in [-0.1, -0.05) is 24.3 Å². The molecule has 0 bridgehead atoms. The summed E-state index contributed by atoms with van der Waals surface area (Å²) in [5.74, 6) is 0.862. The van der Waals surface area contributed by atoms with Crippen molar-refractivity contribution in [3.63, 3.8) is 0 Å².